The Balaban J connectivity index is 0.000000185. The second kappa shape index (κ2) is 8.07. The summed E-state index contributed by atoms with van der Waals surface area (Å²) in [5, 5.41) is 0. The third-order valence-corrected chi connectivity index (χ3v) is 5.06. The third kappa shape index (κ3) is 4.42. The van der Waals surface area contributed by atoms with Crippen molar-refractivity contribution < 1.29 is 0 Å². The number of thiazole rings is 1. The molecule has 0 spiro atoms. The van der Waals surface area contributed by atoms with Gasteiger partial charge in [-0.25, -0.2) is 4.98 Å². The number of rotatable bonds is 2. The third-order valence-electron chi connectivity index (χ3n) is 4.07. The van der Waals surface area contributed by atoms with Gasteiger partial charge in [-0.2, -0.15) is 0 Å². The van der Waals surface area contributed by atoms with Crippen LogP contribution in [0.5, 0.6) is 0 Å². The summed E-state index contributed by atoms with van der Waals surface area (Å²) < 4.78 is 0. The first-order valence-corrected chi connectivity index (χ1v) is 8.97. The molecule has 0 aliphatic carbocycles. The summed E-state index contributed by atoms with van der Waals surface area (Å²) in [5.41, 5.74) is 10.7. The molecule has 0 aliphatic rings. The zero-order chi connectivity index (χ0) is 17.7. The molecule has 1 aromatic heterocycles. The number of aromatic nitrogens is 1. The average molecular weight is 336 g/mol. The van der Waals surface area contributed by atoms with Crippen LogP contribution in [0, 0.1) is 27.7 Å². The first-order chi connectivity index (χ1) is 11.4. The number of nitrogens with zero attached hydrogens (tertiary/aromatic N) is 1. The van der Waals surface area contributed by atoms with Gasteiger partial charge in [-0.15, -0.1) is 11.3 Å². The monoisotopic (exact) mass is 335 g/mol. The molecule has 2 aromatic carbocycles. The first kappa shape index (κ1) is 18.2. The quantitative estimate of drug-likeness (QED) is 0.504. The Morgan fingerprint density at radius 3 is 2.08 bits per heavy atom. The van der Waals surface area contributed by atoms with E-state index >= 15 is 0 Å². The van der Waals surface area contributed by atoms with Crippen LogP contribution in [0.1, 0.15) is 34.1 Å². The van der Waals surface area contributed by atoms with Crippen LogP contribution >= 0.6 is 11.3 Å². The van der Waals surface area contributed by atoms with Crippen molar-refractivity contribution in [3.05, 3.63) is 81.7 Å². The van der Waals surface area contributed by atoms with Crippen molar-refractivity contribution in [3.8, 4) is 11.3 Å². The Morgan fingerprint density at radius 1 is 0.958 bits per heavy atom. The number of hydrogen-bond donors (Lipinski definition) is 0. The summed E-state index contributed by atoms with van der Waals surface area (Å²) in [6.45, 7) is 14.6. The summed E-state index contributed by atoms with van der Waals surface area (Å²) in [6.07, 6.45) is 0. The Hall–Kier alpha value is -2.19. The Kier molecular flexibility index (Phi) is 6.10. The number of hydrogen-bond acceptors (Lipinski definition) is 2. The second-order valence-electron chi connectivity index (χ2n) is 6.20. The lowest BCUT2D eigenvalue weighted by Crippen LogP contribution is -1.86. The maximum atomic E-state index is 4.37. The maximum Gasteiger partial charge on any atom is 0.0886 e. The Bertz CT molecular complexity index is 805. The topological polar surface area (TPSA) is 12.9 Å². The van der Waals surface area contributed by atoms with E-state index < -0.39 is 0 Å². The lowest BCUT2D eigenvalue weighted by atomic mass is 10.0. The van der Waals surface area contributed by atoms with Crippen molar-refractivity contribution in [1.29, 1.82) is 0 Å². The van der Waals surface area contributed by atoms with Gasteiger partial charge >= 0.3 is 0 Å². The molecule has 0 N–H and O–H groups in total. The van der Waals surface area contributed by atoms with Crippen LogP contribution in [0.3, 0.4) is 0 Å². The molecule has 0 bridgehead atoms. The van der Waals surface area contributed by atoms with Crippen molar-refractivity contribution in [2.24, 2.45) is 0 Å². The van der Waals surface area contributed by atoms with Crippen LogP contribution in [0.4, 0.5) is 0 Å². The van der Waals surface area contributed by atoms with Crippen LogP contribution in [-0.2, 0) is 0 Å². The predicted molar refractivity (Wildman–Crippen MR) is 108 cm³/mol. The van der Waals surface area contributed by atoms with E-state index in [2.05, 4.69) is 63.5 Å². The minimum Gasteiger partial charge on any atom is -0.244 e. The van der Waals surface area contributed by atoms with Crippen LogP contribution < -0.4 is 0 Å². The van der Waals surface area contributed by atoms with Gasteiger partial charge in [0.15, 0.2) is 0 Å². The summed E-state index contributed by atoms with van der Waals surface area (Å²) in [4.78, 5) is 5.54. The molecule has 3 aromatic rings. The molecular formula is C22H25NS. The van der Waals surface area contributed by atoms with Crippen LogP contribution in [0.2, 0.25) is 0 Å². The van der Waals surface area contributed by atoms with Crippen molar-refractivity contribution in [2.45, 2.75) is 34.6 Å². The summed E-state index contributed by atoms with van der Waals surface area (Å²) in [7, 11) is 0. The highest BCUT2D eigenvalue weighted by Gasteiger charge is 2.07. The van der Waals surface area contributed by atoms with Crippen molar-refractivity contribution in [3.63, 3.8) is 0 Å². The second-order valence-corrected chi connectivity index (χ2v) is 7.05. The molecule has 0 aliphatic heterocycles. The van der Waals surface area contributed by atoms with Gasteiger partial charge in [0.1, 0.15) is 0 Å². The molecule has 0 atom stereocenters. The summed E-state index contributed by atoms with van der Waals surface area (Å²) in [6, 6.07) is 14.7. The molecule has 2 heteroatoms. The standard InChI is InChI=1S/C12H11NS.C10H14/c1-9(2)12-11(13-8-14-12)10-6-4-3-5-7-10;1-7-5-8(2)10(4)9(3)6-7/h3-8H,1H2,2H3;5-6H,1-4H3. The van der Waals surface area contributed by atoms with Crippen LogP contribution in [0.15, 0.2) is 54.6 Å². The van der Waals surface area contributed by atoms with E-state index in [4.69, 9.17) is 0 Å². The fraction of sp³-hybridized carbons (Fsp3) is 0.227. The van der Waals surface area contributed by atoms with E-state index in [-0.39, 0.29) is 0 Å². The van der Waals surface area contributed by atoms with E-state index in [9.17, 15) is 0 Å². The zero-order valence-electron chi connectivity index (χ0n) is 15.2. The van der Waals surface area contributed by atoms with Crippen molar-refractivity contribution >= 4 is 16.9 Å². The Morgan fingerprint density at radius 2 is 1.54 bits per heavy atom. The van der Waals surface area contributed by atoms with E-state index in [1.54, 1.807) is 11.3 Å². The number of aryl methyl sites for hydroxylation is 3. The summed E-state index contributed by atoms with van der Waals surface area (Å²) in [5.74, 6) is 0. The highest BCUT2D eigenvalue weighted by Crippen LogP contribution is 2.29. The van der Waals surface area contributed by atoms with Crippen LogP contribution in [0.25, 0.3) is 16.8 Å². The van der Waals surface area contributed by atoms with E-state index in [0.717, 1.165) is 16.8 Å². The van der Waals surface area contributed by atoms with Gasteiger partial charge in [-0.05, 0) is 56.9 Å². The van der Waals surface area contributed by atoms with Gasteiger partial charge in [0.2, 0.25) is 0 Å². The molecule has 1 heterocycles. The Labute approximate surface area is 149 Å². The van der Waals surface area contributed by atoms with Gasteiger partial charge in [0, 0.05) is 5.56 Å². The predicted octanol–water partition coefficient (Wildman–Crippen LogP) is 6.76. The van der Waals surface area contributed by atoms with Gasteiger partial charge in [-0.3, -0.25) is 0 Å². The molecule has 0 radical (unpaired) electrons. The lowest BCUT2D eigenvalue weighted by Gasteiger charge is -2.04. The van der Waals surface area contributed by atoms with Crippen molar-refractivity contribution in [1.82, 2.24) is 4.98 Å². The first-order valence-electron chi connectivity index (χ1n) is 8.09. The van der Waals surface area contributed by atoms with E-state index in [1.807, 2.05) is 30.6 Å². The molecule has 0 amide bonds. The van der Waals surface area contributed by atoms with Crippen LogP contribution in [-0.4, -0.2) is 4.98 Å². The van der Waals surface area contributed by atoms with Gasteiger partial charge in [-0.1, -0.05) is 54.6 Å². The van der Waals surface area contributed by atoms with E-state index in [1.165, 1.54) is 27.1 Å². The largest absolute Gasteiger partial charge is 0.244 e. The molecule has 124 valence electrons. The maximum absolute atomic E-state index is 4.37. The lowest BCUT2D eigenvalue weighted by molar-refractivity contribution is 1.23. The van der Waals surface area contributed by atoms with Gasteiger partial charge in [0.25, 0.3) is 0 Å². The molecule has 0 saturated heterocycles. The molecule has 0 saturated carbocycles. The highest BCUT2D eigenvalue weighted by molar-refractivity contribution is 7.11. The van der Waals surface area contributed by atoms with Crippen molar-refractivity contribution in [2.75, 3.05) is 0 Å². The van der Waals surface area contributed by atoms with Gasteiger partial charge in [0.05, 0.1) is 16.1 Å². The fourth-order valence-corrected chi connectivity index (χ4v) is 3.35. The summed E-state index contributed by atoms with van der Waals surface area (Å²) >= 11 is 1.64. The molecule has 1 nitrogen and oxygen atoms in total. The normalized spacial score (nSPS) is 10.0. The smallest absolute Gasteiger partial charge is 0.0886 e. The average Bonchev–Trinajstić information content (AvgIpc) is 3.04. The molecule has 0 fully saturated rings. The zero-order valence-corrected chi connectivity index (χ0v) is 16.0. The SMILES string of the molecule is C=C(C)c1scnc1-c1ccccc1.Cc1cc(C)c(C)c(C)c1. The number of allylic oxidation sites excluding steroid dienone is 1. The minimum atomic E-state index is 1.04. The molecule has 24 heavy (non-hydrogen) atoms. The van der Waals surface area contributed by atoms with E-state index in [0.29, 0.717) is 0 Å². The highest BCUT2D eigenvalue weighted by atomic mass is 32.1. The fourth-order valence-electron chi connectivity index (χ4n) is 2.60. The molecule has 0 unspecified atom stereocenters. The molecule has 3 rings (SSSR count). The minimum absolute atomic E-state index is 1.04. The number of benzene rings is 2. The van der Waals surface area contributed by atoms with Gasteiger partial charge < -0.3 is 0 Å². The molecular weight excluding hydrogens is 310 g/mol.